The Labute approximate surface area is 123 Å². The summed E-state index contributed by atoms with van der Waals surface area (Å²) in [6.07, 6.45) is 0. The number of methoxy groups -OCH3 is 1. The van der Waals surface area contributed by atoms with Gasteiger partial charge in [0, 0.05) is 16.7 Å². The van der Waals surface area contributed by atoms with E-state index in [0.29, 0.717) is 21.9 Å². The lowest BCUT2D eigenvalue weighted by Crippen LogP contribution is -2.04. The molecule has 0 aliphatic carbocycles. The zero-order valence-electron chi connectivity index (χ0n) is 11.4. The second kappa shape index (κ2) is 5.93. The molecule has 0 bridgehead atoms. The highest BCUT2D eigenvalue weighted by molar-refractivity contribution is 6.39. The molecule has 2 aromatic carbocycles. The zero-order chi connectivity index (χ0) is 14.7. The third kappa shape index (κ3) is 2.61. The number of ether oxygens (including phenoxy) is 1. The molecule has 2 aromatic rings. The van der Waals surface area contributed by atoms with Crippen molar-refractivity contribution in [2.75, 3.05) is 7.11 Å². The summed E-state index contributed by atoms with van der Waals surface area (Å²) in [5.41, 5.74) is 2.42. The Kier molecular flexibility index (Phi) is 4.26. The van der Waals surface area contributed by atoms with Crippen molar-refractivity contribution in [1.29, 1.82) is 0 Å². The number of carbonyl (C=O) groups is 1. The van der Waals surface area contributed by atoms with Crippen LogP contribution in [0.15, 0.2) is 49.0 Å². The maximum Gasteiger partial charge on any atom is 0.194 e. The Morgan fingerprint density at radius 2 is 1.80 bits per heavy atom. The fourth-order valence-corrected chi connectivity index (χ4v) is 2.24. The van der Waals surface area contributed by atoms with Crippen molar-refractivity contribution in [3.05, 3.63) is 70.8 Å². The molecule has 2 rings (SSSR count). The number of rotatable bonds is 4. The maximum atomic E-state index is 12.5. The molecule has 0 N–H and O–H groups in total. The summed E-state index contributed by atoms with van der Waals surface area (Å²) in [5, 5.41) is 0.409. The molecule has 0 atom stereocenters. The molecule has 0 saturated heterocycles. The number of halogens is 1. The van der Waals surface area contributed by atoms with E-state index in [0.717, 1.165) is 11.1 Å². The van der Waals surface area contributed by atoms with Gasteiger partial charge < -0.3 is 4.74 Å². The molecule has 0 amide bonds. The van der Waals surface area contributed by atoms with Crippen molar-refractivity contribution in [2.24, 2.45) is 0 Å². The fourth-order valence-electron chi connectivity index (χ4n) is 2.00. The van der Waals surface area contributed by atoms with Crippen molar-refractivity contribution < 1.29 is 9.53 Å². The molecular formula is C17H15ClO2. The van der Waals surface area contributed by atoms with Gasteiger partial charge in [0.15, 0.2) is 5.78 Å². The minimum absolute atomic E-state index is 0.174. The van der Waals surface area contributed by atoms with Gasteiger partial charge in [0.25, 0.3) is 0 Å². The van der Waals surface area contributed by atoms with E-state index < -0.39 is 0 Å². The van der Waals surface area contributed by atoms with Gasteiger partial charge in [-0.25, -0.2) is 0 Å². The van der Waals surface area contributed by atoms with Gasteiger partial charge in [-0.3, -0.25) is 4.79 Å². The van der Waals surface area contributed by atoms with Crippen molar-refractivity contribution in [3.63, 3.8) is 0 Å². The van der Waals surface area contributed by atoms with Gasteiger partial charge in [0.05, 0.1) is 12.1 Å². The Bertz CT molecular complexity index is 660. The topological polar surface area (TPSA) is 26.3 Å². The van der Waals surface area contributed by atoms with Gasteiger partial charge in [-0.2, -0.15) is 0 Å². The smallest absolute Gasteiger partial charge is 0.194 e. The summed E-state index contributed by atoms with van der Waals surface area (Å²) in [6.45, 7) is 5.70. The van der Waals surface area contributed by atoms with Gasteiger partial charge in [-0.05, 0) is 24.6 Å². The van der Waals surface area contributed by atoms with Crippen LogP contribution in [-0.4, -0.2) is 12.9 Å². The summed E-state index contributed by atoms with van der Waals surface area (Å²) < 4.78 is 5.19. The molecule has 20 heavy (non-hydrogen) atoms. The van der Waals surface area contributed by atoms with E-state index in [1.54, 1.807) is 19.2 Å². The lowest BCUT2D eigenvalue weighted by atomic mass is 9.97. The second-order valence-corrected chi connectivity index (χ2v) is 4.81. The monoisotopic (exact) mass is 286 g/mol. The lowest BCUT2D eigenvalue weighted by molar-refractivity contribution is 0.105. The van der Waals surface area contributed by atoms with Gasteiger partial charge in [-0.15, -0.1) is 0 Å². The zero-order valence-corrected chi connectivity index (χ0v) is 12.2. The first-order chi connectivity index (χ1) is 9.56. The number of allylic oxidation sites excluding steroid dienone is 1. The van der Waals surface area contributed by atoms with Crippen molar-refractivity contribution in [1.82, 2.24) is 0 Å². The molecule has 0 aliphatic heterocycles. The molecule has 102 valence electrons. The molecule has 0 aliphatic rings. The first kappa shape index (κ1) is 14.4. The molecule has 0 unspecified atom stereocenters. The van der Waals surface area contributed by atoms with Gasteiger partial charge in [-0.1, -0.05) is 48.5 Å². The van der Waals surface area contributed by atoms with Crippen LogP contribution >= 0.6 is 11.6 Å². The van der Waals surface area contributed by atoms with E-state index in [-0.39, 0.29) is 5.78 Å². The second-order valence-electron chi connectivity index (χ2n) is 4.43. The predicted molar refractivity (Wildman–Crippen MR) is 82.5 cm³/mol. The molecule has 0 heterocycles. The van der Waals surface area contributed by atoms with Crippen LogP contribution in [0.4, 0.5) is 0 Å². The van der Waals surface area contributed by atoms with Crippen LogP contribution in [0.3, 0.4) is 0 Å². The SMILES string of the molecule is C=C(C(=O)c1ccc(OC)c(C)c1Cl)c1ccccc1. The van der Waals surface area contributed by atoms with Gasteiger partial charge >= 0.3 is 0 Å². The van der Waals surface area contributed by atoms with Crippen LogP contribution < -0.4 is 4.74 Å². The van der Waals surface area contributed by atoms with Crippen LogP contribution in [0.25, 0.3) is 5.57 Å². The first-order valence-electron chi connectivity index (χ1n) is 6.18. The predicted octanol–water partition coefficient (Wildman–Crippen LogP) is 4.55. The first-order valence-corrected chi connectivity index (χ1v) is 6.56. The number of ketones is 1. The third-order valence-corrected chi connectivity index (χ3v) is 3.68. The number of carbonyl (C=O) groups excluding carboxylic acids is 1. The van der Waals surface area contributed by atoms with Crippen LogP contribution in [-0.2, 0) is 0 Å². The summed E-state index contributed by atoms with van der Waals surface area (Å²) >= 11 is 6.26. The standard InChI is InChI=1S/C17H15ClO2/c1-11(13-7-5-4-6-8-13)17(19)14-9-10-15(20-3)12(2)16(14)18/h4-10H,1H2,2-3H3. The normalized spacial score (nSPS) is 10.2. The molecule has 3 heteroatoms. The minimum Gasteiger partial charge on any atom is -0.496 e. The van der Waals surface area contributed by atoms with E-state index in [9.17, 15) is 4.79 Å². The Hall–Kier alpha value is -2.06. The lowest BCUT2D eigenvalue weighted by Gasteiger charge is -2.11. The Morgan fingerprint density at radius 3 is 2.40 bits per heavy atom. The van der Waals surface area contributed by atoms with E-state index in [1.807, 2.05) is 37.3 Å². The van der Waals surface area contributed by atoms with Crippen molar-refractivity contribution in [2.45, 2.75) is 6.92 Å². The molecule has 0 aromatic heterocycles. The quantitative estimate of drug-likeness (QED) is 0.609. The highest BCUT2D eigenvalue weighted by Gasteiger charge is 2.18. The molecule has 0 saturated carbocycles. The largest absolute Gasteiger partial charge is 0.496 e. The molecule has 2 nitrogen and oxygen atoms in total. The third-order valence-electron chi connectivity index (χ3n) is 3.20. The minimum atomic E-state index is -0.174. The number of benzene rings is 2. The Morgan fingerprint density at radius 1 is 1.15 bits per heavy atom. The maximum absolute atomic E-state index is 12.5. The molecular weight excluding hydrogens is 272 g/mol. The molecule has 0 spiro atoms. The van der Waals surface area contributed by atoms with Crippen LogP contribution in [0.1, 0.15) is 21.5 Å². The van der Waals surface area contributed by atoms with Crippen molar-refractivity contribution >= 4 is 23.0 Å². The van der Waals surface area contributed by atoms with E-state index in [2.05, 4.69) is 6.58 Å². The van der Waals surface area contributed by atoms with Gasteiger partial charge in [0.1, 0.15) is 5.75 Å². The summed E-state index contributed by atoms with van der Waals surface area (Å²) in [7, 11) is 1.57. The number of Topliss-reactive ketones (excluding diaryl/α,β-unsaturated/α-hetero) is 1. The van der Waals surface area contributed by atoms with Crippen LogP contribution in [0.2, 0.25) is 5.02 Å². The summed E-state index contributed by atoms with van der Waals surface area (Å²) in [5.74, 6) is 0.490. The molecule has 0 fully saturated rings. The summed E-state index contributed by atoms with van der Waals surface area (Å²) in [6, 6.07) is 12.8. The number of hydrogen-bond donors (Lipinski definition) is 0. The Balaban J connectivity index is 2.40. The highest BCUT2D eigenvalue weighted by Crippen LogP contribution is 2.31. The van der Waals surface area contributed by atoms with Crippen LogP contribution in [0.5, 0.6) is 5.75 Å². The van der Waals surface area contributed by atoms with Gasteiger partial charge in [0.2, 0.25) is 0 Å². The summed E-state index contributed by atoms with van der Waals surface area (Å²) in [4.78, 5) is 12.5. The number of hydrogen-bond acceptors (Lipinski definition) is 2. The fraction of sp³-hybridized carbons (Fsp3) is 0.118. The van der Waals surface area contributed by atoms with E-state index >= 15 is 0 Å². The van der Waals surface area contributed by atoms with E-state index in [4.69, 9.17) is 16.3 Å². The highest BCUT2D eigenvalue weighted by atomic mass is 35.5. The average Bonchev–Trinajstić information content (AvgIpc) is 2.49. The van der Waals surface area contributed by atoms with Crippen LogP contribution in [0, 0.1) is 6.92 Å². The van der Waals surface area contributed by atoms with Crippen molar-refractivity contribution in [3.8, 4) is 5.75 Å². The van der Waals surface area contributed by atoms with E-state index in [1.165, 1.54) is 0 Å². The molecule has 0 radical (unpaired) electrons. The average molecular weight is 287 g/mol.